The molecule has 3 nitrogen and oxygen atoms in total. The number of halogens is 1. The molecule has 2 rings (SSSR count). The molecule has 1 unspecified atom stereocenters. The van der Waals surface area contributed by atoms with Gasteiger partial charge in [-0.15, -0.1) is 0 Å². The lowest BCUT2D eigenvalue weighted by molar-refractivity contribution is 0.138. The van der Waals surface area contributed by atoms with Crippen molar-refractivity contribution in [2.24, 2.45) is 0 Å². The second-order valence-electron chi connectivity index (χ2n) is 2.90. The number of hydrogen-bond donors (Lipinski definition) is 0. The first kappa shape index (κ1) is 8.97. The van der Waals surface area contributed by atoms with E-state index in [9.17, 15) is 0 Å². The SMILES string of the molecule is Brc1cccc(OC2CCOC2)n1. The van der Waals surface area contributed by atoms with Crippen LogP contribution in [0.3, 0.4) is 0 Å². The third kappa shape index (κ3) is 2.42. The van der Waals surface area contributed by atoms with Crippen molar-refractivity contribution in [2.45, 2.75) is 12.5 Å². The molecule has 13 heavy (non-hydrogen) atoms. The molecule has 0 bridgehead atoms. The fourth-order valence-corrected chi connectivity index (χ4v) is 1.56. The molecule has 1 aliphatic rings. The summed E-state index contributed by atoms with van der Waals surface area (Å²) < 4.78 is 11.6. The first-order chi connectivity index (χ1) is 6.34. The number of rotatable bonds is 2. The van der Waals surface area contributed by atoms with Crippen molar-refractivity contribution < 1.29 is 9.47 Å². The Morgan fingerprint density at radius 2 is 2.46 bits per heavy atom. The zero-order chi connectivity index (χ0) is 9.10. The van der Waals surface area contributed by atoms with E-state index >= 15 is 0 Å². The molecule has 1 aliphatic heterocycles. The van der Waals surface area contributed by atoms with E-state index in [4.69, 9.17) is 9.47 Å². The van der Waals surface area contributed by atoms with Crippen LogP contribution in [-0.2, 0) is 4.74 Å². The van der Waals surface area contributed by atoms with E-state index in [1.165, 1.54) is 0 Å². The lowest BCUT2D eigenvalue weighted by Crippen LogP contribution is -2.16. The van der Waals surface area contributed by atoms with Crippen LogP contribution in [0.2, 0.25) is 0 Å². The number of nitrogens with zero attached hydrogens (tertiary/aromatic N) is 1. The van der Waals surface area contributed by atoms with E-state index < -0.39 is 0 Å². The summed E-state index contributed by atoms with van der Waals surface area (Å²) in [5.74, 6) is 0.657. The molecule has 70 valence electrons. The zero-order valence-corrected chi connectivity index (χ0v) is 8.66. The second kappa shape index (κ2) is 4.07. The number of ether oxygens (including phenoxy) is 2. The van der Waals surface area contributed by atoms with Gasteiger partial charge in [-0.25, -0.2) is 4.98 Å². The van der Waals surface area contributed by atoms with Crippen molar-refractivity contribution in [3.05, 3.63) is 22.8 Å². The van der Waals surface area contributed by atoms with Crippen LogP contribution in [0.4, 0.5) is 0 Å². The highest BCUT2D eigenvalue weighted by Crippen LogP contribution is 2.16. The minimum absolute atomic E-state index is 0.168. The summed E-state index contributed by atoms with van der Waals surface area (Å²) in [5, 5.41) is 0. The van der Waals surface area contributed by atoms with Crippen molar-refractivity contribution in [2.75, 3.05) is 13.2 Å². The van der Waals surface area contributed by atoms with Gasteiger partial charge >= 0.3 is 0 Å². The van der Waals surface area contributed by atoms with E-state index in [0.29, 0.717) is 12.5 Å². The van der Waals surface area contributed by atoms with E-state index in [-0.39, 0.29) is 6.10 Å². The van der Waals surface area contributed by atoms with Crippen LogP contribution in [0.15, 0.2) is 22.8 Å². The van der Waals surface area contributed by atoms with E-state index in [1.54, 1.807) is 0 Å². The van der Waals surface area contributed by atoms with E-state index in [0.717, 1.165) is 17.6 Å². The molecule has 1 atom stereocenters. The van der Waals surface area contributed by atoms with E-state index in [1.807, 2.05) is 18.2 Å². The van der Waals surface area contributed by atoms with Crippen LogP contribution in [0.25, 0.3) is 0 Å². The van der Waals surface area contributed by atoms with Gasteiger partial charge in [0.05, 0.1) is 13.2 Å². The highest BCUT2D eigenvalue weighted by atomic mass is 79.9. The number of hydrogen-bond acceptors (Lipinski definition) is 3. The Morgan fingerprint density at radius 1 is 1.54 bits per heavy atom. The van der Waals surface area contributed by atoms with Crippen molar-refractivity contribution in [3.8, 4) is 5.88 Å². The standard InChI is InChI=1S/C9H10BrNO2/c10-8-2-1-3-9(11-8)13-7-4-5-12-6-7/h1-3,7H,4-6H2. The summed E-state index contributed by atoms with van der Waals surface area (Å²) in [5.41, 5.74) is 0. The molecule has 1 aromatic heterocycles. The third-order valence-electron chi connectivity index (χ3n) is 1.86. The highest BCUT2D eigenvalue weighted by Gasteiger charge is 2.17. The van der Waals surface area contributed by atoms with Crippen LogP contribution in [-0.4, -0.2) is 24.3 Å². The Hall–Kier alpha value is -0.610. The molecule has 1 aromatic rings. The van der Waals surface area contributed by atoms with Gasteiger partial charge in [-0.2, -0.15) is 0 Å². The van der Waals surface area contributed by atoms with Crippen LogP contribution < -0.4 is 4.74 Å². The minimum atomic E-state index is 0.168. The summed E-state index contributed by atoms with van der Waals surface area (Å²) in [6.07, 6.45) is 1.12. The molecule has 0 saturated carbocycles. The predicted octanol–water partition coefficient (Wildman–Crippen LogP) is 2.01. The van der Waals surface area contributed by atoms with Gasteiger partial charge in [0.2, 0.25) is 5.88 Å². The van der Waals surface area contributed by atoms with Crippen molar-refractivity contribution in [1.82, 2.24) is 4.98 Å². The smallest absolute Gasteiger partial charge is 0.214 e. The average molecular weight is 244 g/mol. The molecule has 0 aliphatic carbocycles. The molecule has 0 spiro atoms. The first-order valence-corrected chi connectivity index (χ1v) is 5.01. The van der Waals surface area contributed by atoms with Gasteiger partial charge in [0.1, 0.15) is 10.7 Å². The molecule has 1 fully saturated rings. The average Bonchev–Trinajstić information content (AvgIpc) is 2.57. The highest BCUT2D eigenvalue weighted by molar-refractivity contribution is 9.10. The predicted molar refractivity (Wildman–Crippen MR) is 51.8 cm³/mol. The van der Waals surface area contributed by atoms with Gasteiger partial charge in [-0.05, 0) is 22.0 Å². The largest absolute Gasteiger partial charge is 0.472 e. The van der Waals surface area contributed by atoms with Crippen LogP contribution in [0.1, 0.15) is 6.42 Å². The Balaban J connectivity index is 2.00. The van der Waals surface area contributed by atoms with Gasteiger partial charge in [0.15, 0.2) is 0 Å². The fraction of sp³-hybridized carbons (Fsp3) is 0.444. The molecule has 0 radical (unpaired) electrons. The summed E-state index contributed by atoms with van der Waals surface area (Å²) in [6.45, 7) is 1.47. The number of aromatic nitrogens is 1. The normalized spacial score (nSPS) is 21.8. The molecular formula is C9H10BrNO2. The summed E-state index contributed by atoms with van der Waals surface area (Å²) >= 11 is 3.29. The molecule has 0 N–H and O–H groups in total. The fourth-order valence-electron chi connectivity index (χ4n) is 1.23. The summed E-state index contributed by atoms with van der Waals surface area (Å²) in [7, 11) is 0. The molecule has 4 heteroatoms. The maximum absolute atomic E-state index is 5.59. The van der Waals surface area contributed by atoms with Crippen molar-refractivity contribution in [1.29, 1.82) is 0 Å². The van der Waals surface area contributed by atoms with Crippen molar-refractivity contribution in [3.63, 3.8) is 0 Å². The Kier molecular flexibility index (Phi) is 2.80. The minimum Gasteiger partial charge on any atom is -0.472 e. The van der Waals surface area contributed by atoms with Crippen LogP contribution >= 0.6 is 15.9 Å². The number of pyridine rings is 1. The van der Waals surface area contributed by atoms with Gasteiger partial charge in [0.25, 0.3) is 0 Å². The Bertz CT molecular complexity index is 287. The lowest BCUT2D eigenvalue weighted by Gasteiger charge is -2.10. The quantitative estimate of drug-likeness (QED) is 0.745. The first-order valence-electron chi connectivity index (χ1n) is 4.21. The van der Waals surface area contributed by atoms with Gasteiger partial charge in [0, 0.05) is 12.5 Å². The maximum atomic E-state index is 5.59. The second-order valence-corrected chi connectivity index (χ2v) is 3.71. The summed E-state index contributed by atoms with van der Waals surface area (Å²) in [6, 6.07) is 5.63. The maximum Gasteiger partial charge on any atom is 0.214 e. The topological polar surface area (TPSA) is 31.4 Å². The Morgan fingerprint density at radius 3 is 3.15 bits per heavy atom. The van der Waals surface area contributed by atoms with E-state index in [2.05, 4.69) is 20.9 Å². The molecule has 1 saturated heterocycles. The van der Waals surface area contributed by atoms with Gasteiger partial charge in [-0.1, -0.05) is 6.07 Å². The van der Waals surface area contributed by atoms with Gasteiger partial charge < -0.3 is 9.47 Å². The molecule has 0 aromatic carbocycles. The Labute approximate surface area is 85.2 Å². The van der Waals surface area contributed by atoms with Crippen LogP contribution in [0, 0.1) is 0 Å². The van der Waals surface area contributed by atoms with Crippen molar-refractivity contribution >= 4 is 15.9 Å². The molecule has 2 heterocycles. The van der Waals surface area contributed by atoms with Gasteiger partial charge in [-0.3, -0.25) is 0 Å². The summed E-state index contributed by atoms with van der Waals surface area (Å²) in [4.78, 5) is 4.18. The monoisotopic (exact) mass is 243 g/mol. The lowest BCUT2D eigenvalue weighted by atomic mass is 10.3. The molecule has 0 amide bonds. The zero-order valence-electron chi connectivity index (χ0n) is 7.07. The molecular weight excluding hydrogens is 234 g/mol. The third-order valence-corrected chi connectivity index (χ3v) is 2.31. The van der Waals surface area contributed by atoms with Crippen LogP contribution in [0.5, 0.6) is 5.88 Å².